The topological polar surface area (TPSA) is 145 Å². The number of nitrogens with zero attached hydrogens (tertiary/aromatic N) is 1. The van der Waals surface area contributed by atoms with Gasteiger partial charge in [0.05, 0.1) is 17.1 Å². The molecule has 1 aromatic heterocycles. The number of H-pyrrole nitrogens is 1. The number of para-hydroxylation sites is 2. The highest BCUT2D eigenvalue weighted by atomic mass is 32.1. The molecule has 0 amide bonds. The molecule has 0 saturated carbocycles. The summed E-state index contributed by atoms with van der Waals surface area (Å²) in [5.41, 5.74) is 6.73. The molecule has 134 valence electrons. The first-order chi connectivity index (χ1) is 11.9. The van der Waals surface area contributed by atoms with Crippen molar-refractivity contribution in [2.75, 3.05) is 17.6 Å². The first-order valence-electron chi connectivity index (χ1n) is 7.50. The number of rotatable bonds is 7. The zero-order chi connectivity index (χ0) is 18.4. The number of aromatic hydroxyl groups is 1. The Morgan fingerprint density at radius 1 is 1.36 bits per heavy atom. The number of carbonyl (C=O) groups is 1. The van der Waals surface area contributed by atoms with Crippen molar-refractivity contribution in [2.45, 2.75) is 19.4 Å². The monoisotopic (exact) mass is 365 g/mol. The third kappa shape index (κ3) is 4.98. The van der Waals surface area contributed by atoms with Crippen LogP contribution in [0.25, 0.3) is 0 Å². The SMILES string of the molecule is Nc1ccccc1NC(=S)NCCCc1[nH]c(=O)n(CC(=O)O)c1O. The van der Waals surface area contributed by atoms with Crippen LogP contribution >= 0.6 is 12.2 Å². The first kappa shape index (κ1) is 18.3. The van der Waals surface area contributed by atoms with Gasteiger partial charge in [-0.15, -0.1) is 0 Å². The minimum absolute atomic E-state index is 0.291. The Kier molecular flexibility index (Phi) is 6.01. The van der Waals surface area contributed by atoms with Crippen LogP contribution in [-0.4, -0.2) is 37.4 Å². The third-order valence-corrected chi connectivity index (χ3v) is 3.67. The van der Waals surface area contributed by atoms with Crippen LogP contribution in [0.15, 0.2) is 29.1 Å². The van der Waals surface area contributed by atoms with Gasteiger partial charge in [-0.25, -0.2) is 4.79 Å². The summed E-state index contributed by atoms with van der Waals surface area (Å²) in [4.78, 5) is 24.7. The number of anilines is 2. The maximum Gasteiger partial charge on any atom is 0.329 e. The van der Waals surface area contributed by atoms with Crippen molar-refractivity contribution >= 4 is 34.7 Å². The molecule has 0 unspecified atom stereocenters. The lowest BCUT2D eigenvalue weighted by atomic mass is 10.2. The highest BCUT2D eigenvalue weighted by Crippen LogP contribution is 2.16. The molecule has 7 N–H and O–H groups in total. The second kappa shape index (κ2) is 8.20. The lowest BCUT2D eigenvalue weighted by Crippen LogP contribution is -2.29. The first-order valence-corrected chi connectivity index (χ1v) is 7.91. The van der Waals surface area contributed by atoms with E-state index in [9.17, 15) is 14.7 Å². The van der Waals surface area contributed by atoms with Crippen molar-refractivity contribution in [3.63, 3.8) is 0 Å². The summed E-state index contributed by atoms with van der Waals surface area (Å²) in [7, 11) is 0. The van der Waals surface area contributed by atoms with Crippen molar-refractivity contribution in [2.24, 2.45) is 0 Å². The predicted octanol–water partition coefficient (Wildman–Crippen LogP) is 0.468. The third-order valence-electron chi connectivity index (χ3n) is 3.42. The number of hydrogen-bond acceptors (Lipinski definition) is 5. The van der Waals surface area contributed by atoms with Gasteiger partial charge < -0.3 is 31.6 Å². The summed E-state index contributed by atoms with van der Waals surface area (Å²) in [6.45, 7) is -0.101. The Morgan fingerprint density at radius 3 is 2.76 bits per heavy atom. The molecule has 0 spiro atoms. The molecule has 0 aliphatic carbocycles. The van der Waals surface area contributed by atoms with E-state index in [-0.39, 0.29) is 5.88 Å². The van der Waals surface area contributed by atoms with Gasteiger partial charge in [-0.2, -0.15) is 0 Å². The van der Waals surface area contributed by atoms with Gasteiger partial charge in [-0.05, 0) is 37.2 Å². The van der Waals surface area contributed by atoms with E-state index in [4.69, 9.17) is 23.1 Å². The summed E-state index contributed by atoms with van der Waals surface area (Å²) in [6.07, 6.45) is 0.920. The molecule has 0 saturated heterocycles. The second-order valence-corrected chi connectivity index (χ2v) is 5.69. The van der Waals surface area contributed by atoms with Gasteiger partial charge in [0, 0.05) is 6.54 Å². The summed E-state index contributed by atoms with van der Waals surface area (Å²) in [5.74, 6) is -1.56. The Bertz CT molecular complexity index is 830. The Morgan fingerprint density at radius 2 is 2.08 bits per heavy atom. The Labute approximate surface area is 148 Å². The number of carboxylic acids is 1. The molecular formula is C15H19N5O4S. The van der Waals surface area contributed by atoms with Gasteiger partial charge in [0.15, 0.2) is 5.11 Å². The number of aryl methyl sites for hydroxylation is 1. The molecule has 0 aliphatic heterocycles. The number of aliphatic carboxylic acids is 1. The van der Waals surface area contributed by atoms with Crippen LogP contribution in [0.5, 0.6) is 5.88 Å². The van der Waals surface area contributed by atoms with E-state index in [1.165, 1.54) is 0 Å². The minimum Gasteiger partial charge on any atom is -0.493 e. The van der Waals surface area contributed by atoms with Crippen molar-refractivity contribution in [3.05, 3.63) is 40.4 Å². The lowest BCUT2D eigenvalue weighted by molar-refractivity contribution is -0.137. The largest absolute Gasteiger partial charge is 0.493 e. The molecule has 0 bridgehead atoms. The molecular weight excluding hydrogens is 346 g/mol. The molecule has 1 heterocycles. The average Bonchev–Trinajstić information content (AvgIpc) is 2.81. The van der Waals surface area contributed by atoms with E-state index >= 15 is 0 Å². The molecule has 0 radical (unpaired) electrons. The van der Waals surface area contributed by atoms with Crippen molar-refractivity contribution in [3.8, 4) is 5.88 Å². The van der Waals surface area contributed by atoms with E-state index in [1.54, 1.807) is 12.1 Å². The lowest BCUT2D eigenvalue weighted by Gasteiger charge is -2.11. The van der Waals surface area contributed by atoms with E-state index in [0.29, 0.717) is 41.6 Å². The number of nitrogens with two attached hydrogens (primary N) is 1. The summed E-state index contributed by atoms with van der Waals surface area (Å²) < 4.78 is 0.773. The normalized spacial score (nSPS) is 10.4. The van der Waals surface area contributed by atoms with E-state index in [1.807, 2.05) is 12.1 Å². The van der Waals surface area contributed by atoms with Crippen molar-refractivity contribution in [1.29, 1.82) is 0 Å². The second-order valence-electron chi connectivity index (χ2n) is 5.28. The number of nitrogens with one attached hydrogen (secondary N) is 3. The van der Waals surface area contributed by atoms with Crippen LogP contribution < -0.4 is 22.1 Å². The van der Waals surface area contributed by atoms with Gasteiger partial charge >= 0.3 is 11.7 Å². The number of thiocarbonyl (C=S) groups is 1. The highest BCUT2D eigenvalue weighted by Gasteiger charge is 2.14. The Hall–Kier alpha value is -3.01. The fraction of sp³-hybridized carbons (Fsp3) is 0.267. The van der Waals surface area contributed by atoms with Crippen LogP contribution in [0, 0.1) is 0 Å². The summed E-state index contributed by atoms with van der Waals surface area (Å²) >= 11 is 5.17. The summed E-state index contributed by atoms with van der Waals surface area (Å²) in [5, 5.41) is 25.0. The number of carboxylic acid groups (broad SMARTS) is 1. The number of aromatic nitrogens is 2. The molecule has 10 heteroatoms. The zero-order valence-electron chi connectivity index (χ0n) is 13.3. The molecule has 25 heavy (non-hydrogen) atoms. The molecule has 0 fully saturated rings. The maximum absolute atomic E-state index is 11.6. The molecule has 2 aromatic rings. The van der Waals surface area contributed by atoms with Crippen LogP contribution in [0.3, 0.4) is 0 Å². The molecule has 0 atom stereocenters. The number of benzene rings is 1. The summed E-state index contributed by atoms with van der Waals surface area (Å²) in [6, 6.07) is 7.21. The molecule has 0 aliphatic rings. The van der Waals surface area contributed by atoms with Crippen molar-refractivity contribution < 1.29 is 15.0 Å². The van der Waals surface area contributed by atoms with Gasteiger partial charge in [0.1, 0.15) is 6.54 Å². The van der Waals surface area contributed by atoms with Crippen LogP contribution in [-0.2, 0) is 17.8 Å². The highest BCUT2D eigenvalue weighted by molar-refractivity contribution is 7.80. The Balaban J connectivity index is 1.81. The van der Waals surface area contributed by atoms with Crippen LogP contribution in [0.4, 0.5) is 11.4 Å². The quantitative estimate of drug-likeness (QED) is 0.236. The van der Waals surface area contributed by atoms with Crippen molar-refractivity contribution in [1.82, 2.24) is 14.9 Å². The van der Waals surface area contributed by atoms with Gasteiger partial charge in [0.25, 0.3) is 0 Å². The van der Waals surface area contributed by atoms with Gasteiger partial charge in [-0.1, -0.05) is 12.1 Å². The zero-order valence-corrected chi connectivity index (χ0v) is 14.1. The molecule has 2 rings (SSSR count). The number of aromatic amines is 1. The predicted molar refractivity (Wildman–Crippen MR) is 97.8 cm³/mol. The number of nitrogen functional groups attached to an aromatic ring is 1. The fourth-order valence-corrected chi connectivity index (χ4v) is 2.42. The van der Waals surface area contributed by atoms with Gasteiger partial charge in [0.2, 0.25) is 5.88 Å². The fourth-order valence-electron chi connectivity index (χ4n) is 2.21. The molecule has 1 aromatic carbocycles. The van der Waals surface area contributed by atoms with Crippen LogP contribution in [0.1, 0.15) is 12.1 Å². The average molecular weight is 365 g/mol. The number of hydrogen-bond donors (Lipinski definition) is 6. The minimum atomic E-state index is -1.21. The van der Waals surface area contributed by atoms with Gasteiger partial charge in [-0.3, -0.25) is 9.36 Å². The van der Waals surface area contributed by atoms with E-state index in [0.717, 1.165) is 4.57 Å². The standard InChI is InChI=1S/C15H19N5O4S/c16-9-4-1-2-5-10(9)18-14(25)17-7-3-6-11-13(23)20(8-12(21)22)15(24)19-11/h1-2,4-5,23H,3,6-8,16H2,(H,19,24)(H,21,22)(H2,17,18,25). The number of imidazole rings is 1. The van der Waals surface area contributed by atoms with Crippen LogP contribution in [0.2, 0.25) is 0 Å². The van der Waals surface area contributed by atoms with E-state index < -0.39 is 18.2 Å². The maximum atomic E-state index is 11.6. The smallest absolute Gasteiger partial charge is 0.329 e. The molecule has 9 nitrogen and oxygen atoms in total. The van der Waals surface area contributed by atoms with E-state index in [2.05, 4.69) is 15.6 Å².